The smallest absolute Gasteiger partial charge is 0.219 e. The van der Waals surface area contributed by atoms with Crippen LogP contribution in [0.1, 0.15) is 86.5 Å². The molecule has 1 saturated carbocycles. The molecule has 46 heavy (non-hydrogen) atoms. The van der Waals surface area contributed by atoms with Gasteiger partial charge in [-0.2, -0.15) is 0 Å². The van der Waals surface area contributed by atoms with E-state index in [0.717, 1.165) is 55.6 Å². The number of halogens is 1. The summed E-state index contributed by atoms with van der Waals surface area (Å²) in [5.41, 5.74) is 4.68. The van der Waals surface area contributed by atoms with E-state index in [9.17, 15) is 4.39 Å². The van der Waals surface area contributed by atoms with Crippen molar-refractivity contribution in [3.05, 3.63) is 113 Å². The molecule has 0 amide bonds. The Morgan fingerprint density at radius 2 is 1.61 bits per heavy atom. The first kappa shape index (κ1) is 32.3. The first-order valence-electron chi connectivity index (χ1n) is 17.4. The predicted molar refractivity (Wildman–Crippen MR) is 187 cm³/mol. The van der Waals surface area contributed by atoms with Crippen molar-refractivity contribution in [2.75, 3.05) is 43.9 Å². The van der Waals surface area contributed by atoms with Gasteiger partial charge in [0, 0.05) is 37.8 Å². The van der Waals surface area contributed by atoms with E-state index < -0.39 is 0 Å². The number of oxazole rings is 1. The van der Waals surface area contributed by atoms with Gasteiger partial charge >= 0.3 is 0 Å². The van der Waals surface area contributed by atoms with Crippen molar-refractivity contribution in [2.45, 2.75) is 70.3 Å². The van der Waals surface area contributed by atoms with Crippen LogP contribution in [0.25, 0.3) is 0 Å². The van der Waals surface area contributed by atoms with E-state index in [1.165, 1.54) is 49.7 Å². The molecule has 0 radical (unpaired) electrons. The molecule has 6 heteroatoms. The number of hydrogen-bond acceptors (Lipinski definition) is 5. The second kappa shape index (κ2) is 15.3. The number of para-hydroxylation sites is 1. The lowest BCUT2D eigenvalue weighted by molar-refractivity contribution is 0.143. The molecule has 3 aromatic carbocycles. The van der Waals surface area contributed by atoms with E-state index in [1.807, 2.05) is 12.1 Å². The predicted octanol–water partition coefficient (Wildman–Crippen LogP) is 9.34. The second-order valence-electron chi connectivity index (χ2n) is 14.1. The van der Waals surface area contributed by atoms with E-state index in [4.69, 9.17) is 9.40 Å². The zero-order valence-electron chi connectivity index (χ0n) is 27.9. The molecule has 1 aliphatic heterocycles. The van der Waals surface area contributed by atoms with Gasteiger partial charge in [0.2, 0.25) is 11.8 Å². The minimum Gasteiger partial charge on any atom is -0.424 e. The molecule has 1 aromatic heterocycles. The first-order valence-corrected chi connectivity index (χ1v) is 17.4. The first-order chi connectivity index (χ1) is 22.4. The fraction of sp³-hybridized carbons (Fsp3) is 0.475. The SMILES string of the molecule is CC1CCCN(c2oc(C(CNc3ccccc3)CC3CCC(C(c4ccc(F)cc4)N(C)C)CC3)nc2Cc2ccccc2)C1. The molecule has 0 spiro atoms. The van der Waals surface area contributed by atoms with E-state index >= 15 is 0 Å². The van der Waals surface area contributed by atoms with Gasteiger partial charge in [0.1, 0.15) is 11.5 Å². The lowest BCUT2D eigenvalue weighted by Gasteiger charge is -2.38. The Labute approximate surface area is 275 Å². The number of benzene rings is 3. The van der Waals surface area contributed by atoms with Gasteiger partial charge in [0.25, 0.3) is 0 Å². The van der Waals surface area contributed by atoms with Gasteiger partial charge in [-0.1, -0.05) is 80.4 Å². The van der Waals surface area contributed by atoms with Crippen LogP contribution in [0, 0.1) is 23.6 Å². The van der Waals surface area contributed by atoms with Crippen LogP contribution in [0.4, 0.5) is 16.0 Å². The quantitative estimate of drug-likeness (QED) is 0.171. The molecule has 3 atom stereocenters. The average molecular weight is 623 g/mol. The summed E-state index contributed by atoms with van der Waals surface area (Å²) >= 11 is 0. The summed E-state index contributed by atoms with van der Waals surface area (Å²) in [7, 11) is 4.31. The number of hydrogen-bond donors (Lipinski definition) is 1. The highest BCUT2D eigenvalue weighted by molar-refractivity contribution is 5.45. The van der Waals surface area contributed by atoms with Crippen molar-refractivity contribution in [1.82, 2.24) is 9.88 Å². The summed E-state index contributed by atoms with van der Waals surface area (Å²) < 4.78 is 20.6. The Balaban J connectivity index is 1.22. The van der Waals surface area contributed by atoms with Gasteiger partial charge in [0.05, 0.1) is 5.92 Å². The maximum absolute atomic E-state index is 13.7. The maximum atomic E-state index is 13.7. The summed E-state index contributed by atoms with van der Waals surface area (Å²) in [6.45, 7) is 5.19. The van der Waals surface area contributed by atoms with E-state index in [1.54, 1.807) is 12.1 Å². The van der Waals surface area contributed by atoms with Gasteiger partial charge in [-0.05, 0) is 99.3 Å². The Bertz CT molecular complexity index is 1480. The Kier molecular flexibility index (Phi) is 10.7. The largest absolute Gasteiger partial charge is 0.424 e. The third-order valence-electron chi connectivity index (χ3n) is 10.3. The molecule has 1 saturated heterocycles. The molecule has 6 rings (SSSR count). The molecular formula is C40H51FN4O. The number of nitrogens with one attached hydrogen (secondary N) is 1. The van der Waals surface area contributed by atoms with Crippen LogP contribution < -0.4 is 10.2 Å². The third kappa shape index (κ3) is 8.19. The molecule has 1 N–H and O–H groups in total. The Morgan fingerprint density at radius 3 is 2.28 bits per heavy atom. The Morgan fingerprint density at radius 1 is 0.913 bits per heavy atom. The van der Waals surface area contributed by atoms with Gasteiger partial charge in [0.15, 0.2) is 0 Å². The van der Waals surface area contributed by atoms with Crippen LogP contribution in [0.5, 0.6) is 0 Å². The summed E-state index contributed by atoms with van der Waals surface area (Å²) in [6, 6.07) is 28.6. The van der Waals surface area contributed by atoms with Crippen molar-refractivity contribution in [3.8, 4) is 0 Å². The van der Waals surface area contributed by atoms with Crippen molar-refractivity contribution < 1.29 is 8.81 Å². The maximum Gasteiger partial charge on any atom is 0.219 e. The van der Waals surface area contributed by atoms with E-state index in [-0.39, 0.29) is 11.7 Å². The minimum atomic E-state index is -0.170. The number of rotatable bonds is 12. The standard InChI is InChI=1S/C40H51FN4O/c1-29-11-10-24-45(28-29)40-37(26-30-12-6-4-7-13-30)43-39(46-40)34(27-42-36-14-8-5-9-15-36)25-31-16-18-32(19-17-31)38(44(2)3)33-20-22-35(41)23-21-33/h4-9,12-15,20-23,29,31-32,34,38,42H,10-11,16-19,24-28H2,1-3H3. The van der Waals surface area contributed by atoms with Crippen molar-refractivity contribution in [3.63, 3.8) is 0 Å². The van der Waals surface area contributed by atoms with Gasteiger partial charge in [-0.25, -0.2) is 9.37 Å². The highest BCUT2D eigenvalue weighted by atomic mass is 19.1. The number of aromatic nitrogens is 1. The summed E-state index contributed by atoms with van der Waals surface area (Å²) in [5.74, 6) is 3.68. The van der Waals surface area contributed by atoms with Crippen LogP contribution in [0.2, 0.25) is 0 Å². The average Bonchev–Trinajstić information content (AvgIpc) is 3.49. The van der Waals surface area contributed by atoms with E-state index in [0.29, 0.717) is 23.8 Å². The highest BCUT2D eigenvalue weighted by Gasteiger charge is 2.33. The monoisotopic (exact) mass is 622 g/mol. The highest BCUT2D eigenvalue weighted by Crippen LogP contribution is 2.43. The van der Waals surface area contributed by atoms with Gasteiger partial charge in [-0.3, -0.25) is 0 Å². The molecule has 4 aromatic rings. The number of nitrogens with zero attached hydrogens (tertiary/aromatic N) is 3. The second-order valence-corrected chi connectivity index (χ2v) is 14.1. The fourth-order valence-corrected chi connectivity index (χ4v) is 7.92. The van der Waals surface area contributed by atoms with E-state index in [2.05, 4.69) is 96.8 Å². The van der Waals surface area contributed by atoms with Crippen molar-refractivity contribution in [2.24, 2.45) is 17.8 Å². The number of piperidine rings is 1. The molecule has 0 bridgehead atoms. The van der Waals surface area contributed by atoms with Crippen molar-refractivity contribution >= 4 is 11.6 Å². The topological polar surface area (TPSA) is 44.5 Å². The zero-order chi connectivity index (χ0) is 31.9. The summed E-state index contributed by atoms with van der Waals surface area (Å²) in [6.07, 6.45) is 9.01. The fourth-order valence-electron chi connectivity index (χ4n) is 7.92. The van der Waals surface area contributed by atoms with Crippen LogP contribution in [-0.4, -0.2) is 43.6 Å². The zero-order valence-corrected chi connectivity index (χ0v) is 27.9. The molecule has 5 nitrogen and oxygen atoms in total. The molecule has 2 fully saturated rings. The van der Waals surface area contributed by atoms with Gasteiger partial charge < -0.3 is 19.5 Å². The summed E-state index contributed by atoms with van der Waals surface area (Å²) in [4.78, 5) is 10.1. The molecular weight excluding hydrogens is 571 g/mol. The van der Waals surface area contributed by atoms with Crippen LogP contribution in [0.15, 0.2) is 89.3 Å². The molecule has 3 unspecified atom stereocenters. The lowest BCUT2D eigenvalue weighted by atomic mass is 9.74. The molecule has 2 heterocycles. The summed E-state index contributed by atoms with van der Waals surface area (Å²) in [5, 5.41) is 3.71. The van der Waals surface area contributed by atoms with Crippen LogP contribution >= 0.6 is 0 Å². The Hall–Kier alpha value is -3.64. The van der Waals surface area contributed by atoms with Crippen molar-refractivity contribution in [1.29, 1.82) is 0 Å². The molecule has 1 aliphatic carbocycles. The number of anilines is 2. The van der Waals surface area contributed by atoms with Crippen LogP contribution in [0.3, 0.4) is 0 Å². The molecule has 244 valence electrons. The van der Waals surface area contributed by atoms with Crippen LogP contribution in [-0.2, 0) is 6.42 Å². The minimum absolute atomic E-state index is 0.170. The normalized spacial score (nSPS) is 21.7. The van der Waals surface area contributed by atoms with Gasteiger partial charge in [-0.15, -0.1) is 0 Å². The third-order valence-corrected chi connectivity index (χ3v) is 10.3. The lowest BCUT2D eigenvalue weighted by Crippen LogP contribution is -2.34. The molecule has 2 aliphatic rings.